The number of ether oxygens (including phenoxy) is 2. The molecule has 0 aliphatic carbocycles. The van der Waals surface area contributed by atoms with Crippen LogP contribution in [-0.2, 0) is 4.79 Å². The normalized spacial score (nSPS) is 11.1. The maximum atomic E-state index is 11.7. The fourth-order valence-corrected chi connectivity index (χ4v) is 1.50. The fourth-order valence-electron chi connectivity index (χ4n) is 1.50. The Morgan fingerprint density at radius 2 is 1.89 bits per heavy atom. The van der Waals surface area contributed by atoms with Crippen LogP contribution >= 0.6 is 0 Å². The monoisotopic (exact) mass is 262 g/mol. The molecule has 0 radical (unpaired) electrons. The summed E-state index contributed by atoms with van der Waals surface area (Å²) in [5, 5.41) is 5.67. The van der Waals surface area contributed by atoms with Crippen LogP contribution in [0.4, 0.5) is 5.69 Å². The molecular formula is C14H18N2O3. The van der Waals surface area contributed by atoms with E-state index < -0.39 is 6.04 Å². The summed E-state index contributed by atoms with van der Waals surface area (Å²) >= 11 is 0. The number of amides is 1. The summed E-state index contributed by atoms with van der Waals surface area (Å²) in [5.41, 5.74) is 0.736. The summed E-state index contributed by atoms with van der Waals surface area (Å²) in [7, 11) is 3.14. The van der Waals surface area contributed by atoms with Crippen molar-refractivity contribution in [3.05, 3.63) is 18.2 Å². The minimum absolute atomic E-state index is 0.167. The zero-order valence-corrected chi connectivity index (χ0v) is 11.3. The van der Waals surface area contributed by atoms with Gasteiger partial charge in [0.15, 0.2) is 0 Å². The van der Waals surface area contributed by atoms with Crippen LogP contribution < -0.4 is 20.1 Å². The van der Waals surface area contributed by atoms with E-state index in [1.165, 1.54) is 0 Å². The third kappa shape index (κ3) is 4.43. The van der Waals surface area contributed by atoms with E-state index in [1.807, 2.05) is 0 Å². The van der Waals surface area contributed by atoms with Crippen LogP contribution in [0.3, 0.4) is 0 Å². The van der Waals surface area contributed by atoms with Crippen molar-refractivity contribution in [3.8, 4) is 23.8 Å². The van der Waals surface area contributed by atoms with Gasteiger partial charge in [-0.2, -0.15) is 0 Å². The standard InChI is InChI=1S/C14H18N2O3/c1-5-6-15-14(17)10(2)16-11-7-12(18-3)9-13(8-11)19-4/h1,7-10,16H,6H2,2-4H3,(H,15,17). The van der Waals surface area contributed by atoms with Gasteiger partial charge >= 0.3 is 0 Å². The van der Waals surface area contributed by atoms with Crippen LogP contribution in [0.25, 0.3) is 0 Å². The van der Waals surface area contributed by atoms with Crippen LogP contribution in [0.15, 0.2) is 18.2 Å². The van der Waals surface area contributed by atoms with E-state index in [1.54, 1.807) is 39.3 Å². The second kappa shape index (κ2) is 7.17. The molecule has 2 N–H and O–H groups in total. The molecule has 0 heterocycles. The van der Waals surface area contributed by atoms with Gasteiger partial charge in [-0.1, -0.05) is 5.92 Å². The molecule has 1 rings (SSSR count). The molecule has 0 spiro atoms. The quantitative estimate of drug-likeness (QED) is 0.758. The largest absolute Gasteiger partial charge is 0.497 e. The average Bonchev–Trinajstić information content (AvgIpc) is 2.43. The summed E-state index contributed by atoms with van der Waals surface area (Å²) in [4.78, 5) is 11.7. The predicted molar refractivity (Wildman–Crippen MR) is 74.5 cm³/mol. The number of carbonyl (C=O) groups excluding carboxylic acids is 1. The van der Waals surface area contributed by atoms with Crippen molar-refractivity contribution < 1.29 is 14.3 Å². The number of carbonyl (C=O) groups is 1. The van der Waals surface area contributed by atoms with E-state index in [9.17, 15) is 4.79 Å². The predicted octanol–water partition coefficient (Wildman–Crippen LogP) is 1.25. The molecule has 5 nitrogen and oxygen atoms in total. The van der Waals surface area contributed by atoms with Crippen molar-refractivity contribution in [1.82, 2.24) is 5.32 Å². The van der Waals surface area contributed by atoms with Gasteiger partial charge in [-0.25, -0.2) is 0 Å². The first kappa shape index (κ1) is 14.7. The summed E-state index contributed by atoms with van der Waals surface area (Å²) < 4.78 is 10.3. The Labute approximate surface area is 113 Å². The molecule has 19 heavy (non-hydrogen) atoms. The molecule has 1 amide bonds. The molecule has 0 aliphatic heterocycles. The molecule has 1 unspecified atom stereocenters. The van der Waals surface area contributed by atoms with Crippen LogP contribution in [-0.4, -0.2) is 32.7 Å². The lowest BCUT2D eigenvalue weighted by Gasteiger charge is -2.16. The average molecular weight is 262 g/mol. The van der Waals surface area contributed by atoms with E-state index in [2.05, 4.69) is 16.6 Å². The fraction of sp³-hybridized carbons (Fsp3) is 0.357. The van der Waals surface area contributed by atoms with Crippen LogP contribution in [0, 0.1) is 12.3 Å². The number of terminal acetylenes is 1. The molecule has 1 atom stereocenters. The van der Waals surface area contributed by atoms with Gasteiger partial charge in [0.1, 0.15) is 17.5 Å². The molecule has 0 saturated heterocycles. The molecule has 0 aliphatic rings. The SMILES string of the molecule is C#CCNC(=O)C(C)Nc1cc(OC)cc(OC)c1. The number of methoxy groups -OCH3 is 2. The second-order valence-corrected chi connectivity index (χ2v) is 3.89. The number of hydrogen-bond donors (Lipinski definition) is 2. The van der Waals surface area contributed by atoms with E-state index in [0.717, 1.165) is 5.69 Å². The second-order valence-electron chi connectivity index (χ2n) is 3.89. The van der Waals surface area contributed by atoms with Crippen LogP contribution in [0.5, 0.6) is 11.5 Å². The summed E-state index contributed by atoms with van der Waals surface area (Å²) in [6.45, 7) is 1.96. The van der Waals surface area contributed by atoms with Gasteiger partial charge in [-0.15, -0.1) is 6.42 Å². The minimum atomic E-state index is -0.412. The lowest BCUT2D eigenvalue weighted by molar-refractivity contribution is -0.121. The molecule has 1 aromatic rings. The van der Waals surface area contributed by atoms with Gasteiger partial charge < -0.3 is 20.1 Å². The smallest absolute Gasteiger partial charge is 0.242 e. The van der Waals surface area contributed by atoms with Gasteiger partial charge in [-0.05, 0) is 6.92 Å². The van der Waals surface area contributed by atoms with Gasteiger partial charge in [0, 0.05) is 23.9 Å². The van der Waals surface area contributed by atoms with Crippen molar-refractivity contribution in [2.45, 2.75) is 13.0 Å². The highest BCUT2D eigenvalue weighted by molar-refractivity contribution is 5.84. The first-order valence-corrected chi connectivity index (χ1v) is 5.81. The van der Waals surface area contributed by atoms with Crippen molar-refractivity contribution in [2.24, 2.45) is 0 Å². The summed E-state index contributed by atoms with van der Waals surface area (Å²) in [6, 6.07) is 4.92. The van der Waals surface area contributed by atoms with E-state index >= 15 is 0 Å². The highest BCUT2D eigenvalue weighted by atomic mass is 16.5. The van der Waals surface area contributed by atoms with Crippen molar-refractivity contribution in [2.75, 3.05) is 26.1 Å². The Morgan fingerprint density at radius 1 is 1.32 bits per heavy atom. The third-order valence-electron chi connectivity index (χ3n) is 2.49. The summed E-state index contributed by atoms with van der Waals surface area (Å²) in [5.74, 6) is 3.49. The van der Waals surface area contributed by atoms with E-state index in [-0.39, 0.29) is 12.5 Å². The Morgan fingerprint density at radius 3 is 2.37 bits per heavy atom. The van der Waals surface area contributed by atoms with Crippen molar-refractivity contribution in [1.29, 1.82) is 0 Å². The Kier molecular flexibility index (Phi) is 5.55. The third-order valence-corrected chi connectivity index (χ3v) is 2.49. The van der Waals surface area contributed by atoms with Gasteiger partial charge in [0.2, 0.25) is 5.91 Å². The lowest BCUT2D eigenvalue weighted by Crippen LogP contribution is -2.37. The topological polar surface area (TPSA) is 59.6 Å². The van der Waals surface area contributed by atoms with Crippen LogP contribution in [0.1, 0.15) is 6.92 Å². The van der Waals surface area contributed by atoms with Gasteiger partial charge in [0.05, 0.1) is 20.8 Å². The molecule has 1 aromatic carbocycles. The highest BCUT2D eigenvalue weighted by Gasteiger charge is 2.12. The van der Waals surface area contributed by atoms with Gasteiger partial charge in [-0.3, -0.25) is 4.79 Å². The minimum Gasteiger partial charge on any atom is -0.497 e. The molecule has 0 fully saturated rings. The first-order chi connectivity index (χ1) is 9.10. The van der Waals surface area contributed by atoms with Gasteiger partial charge in [0.25, 0.3) is 0 Å². The lowest BCUT2D eigenvalue weighted by atomic mass is 10.2. The zero-order chi connectivity index (χ0) is 14.3. The molecule has 102 valence electrons. The number of anilines is 1. The number of nitrogens with one attached hydrogen (secondary N) is 2. The first-order valence-electron chi connectivity index (χ1n) is 5.81. The van der Waals surface area contributed by atoms with Crippen molar-refractivity contribution >= 4 is 11.6 Å². The summed E-state index contributed by atoms with van der Waals surface area (Å²) in [6.07, 6.45) is 5.09. The Balaban J connectivity index is 2.75. The van der Waals surface area contributed by atoms with E-state index in [0.29, 0.717) is 11.5 Å². The number of rotatable bonds is 6. The molecule has 0 bridgehead atoms. The maximum Gasteiger partial charge on any atom is 0.242 e. The number of benzene rings is 1. The maximum absolute atomic E-state index is 11.7. The van der Waals surface area contributed by atoms with E-state index in [4.69, 9.17) is 15.9 Å². The zero-order valence-electron chi connectivity index (χ0n) is 11.3. The highest BCUT2D eigenvalue weighted by Crippen LogP contribution is 2.26. The molecule has 0 aromatic heterocycles. The molecule has 0 saturated carbocycles. The molecular weight excluding hydrogens is 244 g/mol. The Bertz CT molecular complexity index is 458. The van der Waals surface area contributed by atoms with Crippen molar-refractivity contribution in [3.63, 3.8) is 0 Å². The Hall–Kier alpha value is -2.35. The molecule has 5 heteroatoms. The number of hydrogen-bond acceptors (Lipinski definition) is 4. The van der Waals surface area contributed by atoms with Crippen LogP contribution in [0.2, 0.25) is 0 Å².